The molecule has 3 unspecified atom stereocenters. The van der Waals surface area contributed by atoms with Gasteiger partial charge in [-0.2, -0.15) is 0 Å². The van der Waals surface area contributed by atoms with Gasteiger partial charge >= 0.3 is 5.97 Å². The first-order valence-corrected chi connectivity index (χ1v) is 5.44. The number of rotatable bonds is 4. The van der Waals surface area contributed by atoms with E-state index in [1.54, 1.807) is 0 Å². The molecule has 14 heavy (non-hydrogen) atoms. The molecule has 1 saturated carbocycles. The van der Waals surface area contributed by atoms with Crippen molar-refractivity contribution in [1.29, 1.82) is 0 Å². The zero-order valence-corrected chi connectivity index (χ0v) is 9.38. The monoisotopic (exact) mass is 199 g/mol. The van der Waals surface area contributed by atoms with E-state index in [4.69, 9.17) is 0 Å². The van der Waals surface area contributed by atoms with E-state index in [1.165, 1.54) is 26.4 Å². The van der Waals surface area contributed by atoms with E-state index < -0.39 is 0 Å². The second kappa shape index (κ2) is 5.35. The number of carbonyl (C=O) groups excluding carboxylic acids is 1. The van der Waals surface area contributed by atoms with E-state index in [-0.39, 0.29) is 11.9 Å². The van der Waals surface area contributed by atoms with Crippen LogP contribution >= 0.6 is 0 Å². The molecule has 82 valence electrons. The first-order valence-electron chi connectivity index (χ1n) is 5.44. The molecule has 0 aromatic heterocycles. The molecule has 0 amide bonds. The Morgan fingerprint density at radius 3 is 2.79 bits per heavy atom. The summed E-state index contributed by atoms with van der Waals surface area (Å²) < 4.78 is 4.67. The number of carbonyl (C=O) groups is 1. The van der Waals surface area contributed by atoms with Crippen LogP contribution < -0.4 is 5.32 Å². The zero-order chi connectivity index (χ0) is 10.6. The highest BCUT2D eigenvalue weighted by molar-refractivity contribution is 5.72. The highest BCUT2D eigenvalue weighted by atomic mass is 16.5. The van der Waals surface area contributed by atoms with Crippen LogP contribution in [-0.2, 0) is 9.53 Å². The largest absolute Gasteiger partial charge is 0.469 e. The fourth-order valence-corrected chi connectivity index (χ4v) is 2.02. The van der Waals surface area contributed by atoms with Gasteiger partial charge in [0.25, 0.3) is 0 Å². The van der Waals surface area contributed by atoms with Crippen LogP contribution in [0.15, 0.2) is 0 Å². The topological polar surface area (TPSA) is 38.3 Å². The van der Waals surface area contributed by atoms with E-state index in [0.717, 1.165) is 12.5 Å². The van der Waals surface area contributed by atoms with Crippen LogP contribution in [-0.4, -0.2) is 25.7 Å². The van der Waals surface area contributed by atoms with Crippen LogP contribution in [0.4, 0.5) is 0 Å². The third-order valence-corrected chi connectivity index (χ3v) is 3.01. The summed E-state index contributed by atoms with van der Waals surface area (Å²) >= 11 is 0. The SMILES string of the molecule is COC(=O)C(C)CNC1CCC(C)C1. The minimum atomic E-state index is -0.122. The summed E-state index contributed by atoms with van der Waals surface area (Å²) in [5.74, 6) is 0.681. The van der Waals surface area contributed by atoms with Crippen molar-refractivity contribution in [2.75, 3.05) is 13.7 Å². The summed E-state index contributed by atoms with van der Waals surface area (Å²) in [7, 11) is 1.44. The third kappa shape index (κ3) is 3.29. The van der Waals surface area contributed by atoms with E-state index in [1.807, 2.05) is 6.92 Å². The summed E-state index contributed by atoms with van der Waals surface area (Å²) in [5, 5.41) is 3.43. The molecule has 3 heteroatoms. The fraction of sp³-hybridized carbons (Fsp3) is 0.909. The Morgan fingerprint density at radius 1 is 1.57 bits per heavy atom. The number of nitrogens with one attached hydrogen (secondary N) is 1. The van der Waals surface area contributed by atoms with Gasteiger partial charge in [0.05, 0.1) is 13.0 Å². The summed E-state index contributed by atoms with van der Waals surface area (Å²) in [6.07, 6.45) is 3.80. The quantitative estimate of drug-likeness (QED) is 0.698. The van der Waals surface area contributed by atoms with Gasteiger partial charge in [-0.25, -0.2) is 0 Å². The predicted octanol–water partition coefficient (Wildman–Crippen LogP) is 1.57. The second-order valence-corrected chi connectivity index (χ2v) is 4.45. The molecule has 1 N–H and O–H groups in total. The van der Waals surface area contributed by atoms with Crippen molar-refractivity contribution in [2.45, 2.75) is 39.2 Å². The lowest BCUT2D eigenvalue weighted by molar-refractivity contribution is -0.144. The van der Waals surface area contributed by atoms with Crippen LogP contribution in [0.25, 0.3) is 0 Å². The van der Waals surface area contributed by atoms with Gasteiger partial charge in [-0.3, -0.25) is 4.79 Å². The lowest BCUT2D eigenvalue weighted by Crippen LogP contribution is -2.33. The first-order chi connectivity index (χ1) is 6.63. The molecule has 1 aliphatic carbocycles. The Morgan fingerprint density at radius 2 is 2.29 bits per heavy atom. The van der Waals surface area contributed by atoms with Crippen molar-refractivity contribution in [3.05, 3.63) is 0 Å². The van der Waals surface area contributed by atoms with Gasteiger partial charge in [0.1, 0.15) is 0 Å². The number of methoxy groups -OCH3 is 1. The summed E-state index contributed by atoms with van der Waals surface area (Å²) in [6.45, 7) is 4.92. The molecular formula is C11H21NO2. The molecule has 0 spiro atoms. The Hall–Kier alpha value is -0.570. The molecule has 0 aromatic carbocycles. The van der Waals surface area contributed by atoms with Gasteiger partial charge in [-0.15, -0.1) is 0 Å². The van der Waals surface area contributed by atoms with E-state index in [0.29, 0.717) is 6.04 Å². The Balaban J connectivity index is 2.17. The molecule has 0 bridgehead atoms. The zero-order valence-electron chi connectivity index (χ0n) is 9.38. The normalized spacial score (nSPS) is 28.8. The van der Waals surface area contributed by atoms with E-state index in [9.17, 15) is 4.79 Å². The van der Waals surface area contributed by atoms with Crippen LogP contribution in [0.1, 0.15) is 33.1 Å². The van der Waals surface area contributed by atoms with Crippen molar-refractivity contribution in [3.63, 3.8) is 0 Å². The highest BCUT2D eigenvalue weighted by Crippen LogP contribution is 2.24. The smallest absolute Gasteiger partial charge is 0.309 e. The molecule has 0 heterocycles. The summed E-state index contributed by atoms with van der Waals surface area (Å²) in [4.78, 5) is 11.1. The van der Waals surface area contributed by atoms with Crippen LogP contribution in [0, 0.1) is 11.8 Å². The summed E-state index contributed by atoms with van der Waals surface area (Å²) in [6, 6.07) is 0.608. The molecule has 3 atom stereocenters. The first kappa shape index (κ1) is 11.5. The van der Waals surface area contributed by atoms with Crippen LogP contribution in [0.3, 0.4) is 0 Å². The highest BCUT2D eigenvalue weighted by Gasteiger charge is 2.22. The Labute approximate surface area is 86.2 Å². The molecule has 0 aliphatic heterocycles. The van der Waals surface area contributed by atoms with Gasteiger partial charge in [-0.05, 0) is 25.2 Å². The maximum atomic E-state index is 11.1. The van der Waals surface area contributed by atoms with Gasteiger partial charge in [0.2, 0.25) is 0 Å². The average Bonchev–Trinajstić information content (AvgIpc) is 2.59. The van der Waals surface area contributed by atoms with Crippen molar-refractivity contribution >= 4 is 5.97 Å². The lowest BCUT2D eigenvalue weighted by Gasteiger charge is -2.15. The van der Waals surface area contributed by atoms with E-state index in [2.05, 4.69) is 17.0 Å². The third-order valence-electron chi connectivity index (χ3n) is 3.01. The molecule has 0 radical (unpaired) electrons. The Kier molecular flexibility index (Phi) is 4.39. The maximum absolute atomic E-state index is 11.1. The standard InChI is InChI=1S/C11H21NO2/c1-8-4-5-10(6-8)12-7-9(2)11(13)14-3/h8-10,12H,4-7H2,1-3H3. The molecular weight excluding hydrogens is 178 g/mol. The number of hydrogen-bond donors (Lipinski definition) is 1. The van der Waals surface area contributed by atoms with Crippen molar-refractivity contribution < 1.29 is 9.53 Å². The van der Waals surface area contributed by atoms with Crippen molar-refractivity contribution in [3.8, 4) is 0 Å². The molecule has 0 aromatic rings. The molecule has 1 aliphatic rings. The minimum absolute atomic E-state index is 0.0316. The molecule has 1 fully saturated rings. The van der Waals surface area contributed by atoms with E-state index >= 15 is 0 Å². The van der Waals surface area contributed by atoms with Crippen molar-refractivity contribution in [1.82, 2.24) is 5.32 Å². The molecule has 0 saturated heterocycles. The molecule has 1 rings (SSSR count). The second-order valence-electron chi connectivity index (χ2n) is 4.45. The Bertz CT molecular complexity index is 194. The molecule has 3 nitrogen and oxygen atoms in total. The lowest BCUT2D eigenvalue weighted by atomic mass is 10.1. The van der Waals surface area contributed by atoms with Gasteiger partial charge in [0.15, 0.2) is 0 Å². The number of ether oxygens (including phenoxy) is 1. The van der Waals surface area contributed by atoms with Gasteiger partial charge in [-0.1, -0.05) is 13.8 Å². The maximum Gasteiger partial charge on any atom is 0.309 e. The number of hydrogen-bond acceptors (Lipinski definition) is 3. The minimum Gasteiger partial charge on any atom is -0.469 e. The van der Waals surface area contributed by atoms with Crippen molar-refractivity contribution in [2.24, 2.45) is 11.8 Å². The fourth-order valence-electron chi connectivity index (χ4n) is 2.02. The van der Waals surface area contributed by atoms with Gasteiger partial charge in [0, 0.05) is 12.6 Å². The average molecular weight is 199 g/mol. The van der Waals surface area contributed by atoms with Crippen LogP contribution in [0.5, 0.6) is 0 Å². The summed E-state index contributed by atoms with van der Waals surface area (Å²) in [5.41, 5.74) is 0. The number of esters is 1. The van der Waals surface area contributed by atoms with Gasteiger partial charge < -0.3 is 10.1 Å². The predicted molar refractivity (Wildman–Crippen MR) is 56.0 cm³/mol. The van der Waals surface area contributed by atoms with Crippen LogP contribution in [0.2, 0.25) is 0 Å².